The molecule has 118 valence electrons. The first-order valence-corrected chi connectivity index (χ1v) is 7.88. The fourth-order valence-corrected chi connectivity index (χ4v) is 2.56. The Balaban J connectivity index is 1.64. The van der Waals surface area contributed by atoms with E-state index in [4.69, 9.17) is 16.1 Å². The Morgan fingerprint density at radius 3 is 2.87 bits per heavy atom. The lowest BCUT2D eigenvalue weighted by molar-refractivity contribution is -0.113. The average molecular weight is 351 g/mol. The van der Waals surface area contributed by atoms with E-state index in [-0.39, 0.29) is 11.7 Å². The van der Waals surface area contributed by atoms with Gasteiger partial charge in [-0.3, -0.25) is 10.1 Å². The predicted octanol–water partition coefficient (Wildman–Crippen LogP) is 2.34. The Kier molecular flexibility index (Phi) is 4.58. The molecule has 1 aromatic carbocycles. The zero-order valence-corrected chi connectivity index (χ0v) is 13.5. The topological polar surface area (TPSA) is 98.7 Å². The number of carbonyl (C=O) groups is 1. The SMILES string of the molecule is Cc1cc(NC(=O)CSc2nnnn2-c2ccc(Cl)cc2)on1. The van der Waals surface area contributed by atoms with Crippen LogP contribution in [0.4, 0.5) is 5.88 Å². The van der Waals surface area contributed by atoms with Crippen molar-refractivity contribution in [3.8, 4) is 5.69 Å². The molecule has 0 bridgehead atoms. The van der Waals surface area contributed by atoms with Crippen molar-refractivity contribution in [1.29, 1.82) is 0 Å². The van der Waals surface area contributed by atoms with Gasteiger partial charge in [-0.1, -0.05) is 28.5 Å². The van der Waals surface area contributed by atoms with Crippen LogP contribution in [0.2, 0.25) is 5.02 Å². The molecule has 0 radical (unpaired) electrons. The summed E-state index contributed by atoms with van der Waals surface area (Å²) in [5.74, 6) is 0.204. The number of thioether (sulfide) groups is 1. The standard InChI is InChI=1S/C13H11ClN6O2S/c1-8-6-12(22-17-8)15-11(21)7-23-13-16-18-19-20(13)10-4-2-9(14)3-5-10/h2-6H,7H2,1H3,(H,15,21). The van der Waals surface area contributed by atoms with Crippen molar-refractivity contribution >= 4 is 35.2 Å². The highest BCUT2D eigenvalue weighted by Crippen LogP contribution is 2.20. The van der Waals surface area contributed by atoms with Gasteiger partial charge in [-0.25, -0.2) is 0 Å². The van der Waals surface area contributed by atoms with Crippen LogP contribution in [0, 0.1) is 6.92 Å². The second kappa shape index (κ2) is 6.80. The second-order valence-electron chi connectivity index (χ2n) is 4.52. The Morgan fingerprint density at radius 1 is 1.39 bits per heavy atom. The van der Waals surface area contributed by atoms with E-state index in [2.05, 4.69) is 26.0 Å². The molecule has 0 atom stereocenters. The van der Waals surface area contributed by atoms with Gasteiger partial charge in [0, 0.05) is 11.1 Å². The molecular weight excluding hydrogens is 340 g/mol. The minimum Gasteiger partial charge on any atom is -0.338 e. The lowest BCUT2D eigenvalue weighted by Crippen LogP contribution is -2.14. The van der Waals surface area contributed by atoms with Crippen LogP contribution >= 0.6 is 23.4 Å². The van der Waals surface area contributed by atoms with Crippen molar-refractivity contribution in [1.82, 2.24) is 25.4 Å². The molecule has 0 aliphatic heterocycles. The number of aromatic nitrogens is 5. The maximum absolute atomic E-state index is 11.9. The highest BCUT2D eigenvalue weighted by molar-refractivity contribution is 7.99. The van der Waals surface area contributed by atoms with Crippen molar-refractivity contribution < 1.29 is 9.32 Å². The molecule has 3 rings (SSSR count). The summed E-state index contributed by atoms with van der Waals surface area (Å²) >= 11 is 7.07. The van der Waals surface area contributed by atoms with Crippen LogP contribution in [0.5, 0.6) is 0 Å². The van der Waals surface area contributed by atoms with Crippen LogP contribution < -0.4 is 5.32 Å². The molecule has 0 fully saturated rings. The lowest BCUT2D eigenvalue weighted by Gasteiger charge is -2.04. The first kappa shape index (κ1) is 15.5. The third-order valence-electron chi connectivity index (χ3n) is 2.74. The number of carbonyl (C=O) groups excluding carboxylic acids is 1. The summed E-state index contributed by atoms with van der Waals surface area (Å²) in [4.78, 5) is 11.9. The first-order valence-electron chi connectivity index (χ1n) is 6.52. The number of rotatable bonds is 5. The van der Waals surface area contributed by atoms with Crippen molar-refractivity contribution in [3.05, 3.63) is 41.0 Å². The molecular formula is C13H11ClN6O2S. The highest BCUT2D eigenvalue weighted by Gasteiger charge is 2.13. The molecule has 10 heteroatoms. The minimum absolute atomic E-state index is 0.133. The molecule has 1 N–H and O–H groups in total. The van der Waals surface area contributed by atoms with Gasteiger partial charge in [0.05, 0.1) is 17.1 Å². The van der Waals surface area contributed by atoms with E-state index < -0.39 is 0 Å². The van der Waals surface area contributed by atoms with Gasteiger partial charge in [-0.15, -0.1) is 5.10 Å². The first-order chi connectivity index (χ1) is 11.1. The van der Waals surface area contributed by atoms with E-state index >= 15 is 0 Å². The number of tetrazole rings is 1. The van der Waals surface area contributed by atoms with E-state index in [0.717, 1.165) is 5.69 Å². The number of anilines is 1. The van der Waals surface area contributed by atoms with E-state index in [9.17, 15) is 4.79 Å². The monoisotopic (exact) mass is 350 g/mol. The summed E-state index contributed by atoms with van der Waals surface area (Å²) in [6.45, 7) is 1.77. The molecule has 0 saturated carbocycles. The summed E-state index contributed by atoms with van der Waals surface area (Å²) in [5.41, 5.74) is 1.45. The predicted molar refractivity (Wildman–Crippen MR) is 84.8 cm³/mol. The molecule has 0 unspecified atom stereocenters. The molecule has 0 saturated heterocycles. The minimum atomic E-state index is -0.239. The van der Waals surface area contributed by atoms with Gasteiger partial charge in [0.25, 0.3) is 0 Å². The van der Waals surface area contributed by atoms with Crippen LogP contribution in [0.25, 0.3) is 5.69 Å². The smallest absolute Gasteiger partial charge is 0.237 e. The highest BCUT2D eigenvalue weighted by atomic mass is 35.5. The molecule has 8 nitrogen and oxygen atoms in total. The maximum atomic E-state index is 11.9. The van der Waals surface area contributed by atoms with Gasteiger partial charge < -0.3 is 4.52 Å². The van der Waals surface area contributed by atoms with Gasteiger partial charge in [0.1, 0.15) is 0 Å². The summed E-state index contributed by atoms with van der Waals surface area (Å²) in [7, 11) is 0. The van der Waals surface area contributed by atoms with E-state index in [1.165, 1.54) is 16.4 Å². The van der Waals surface area contributed by atoms with Crippen molar-refractivity contribution in [2.24, 2.45) is 0 Å². The number of hydrogen-bond acceptors (Lipinski definition) is 7. The Morgan fingerprint density at radius 2 is 2.17 bits per heavy atom. The summed E-state index contributed by atoms with van der Waals surface area (Å²) < 4.78 is 6.46. The normalized spacial score (nSPS) is 10.7. The van der Waals surface area contributed by atoms with Crippen LogP contribution in [0.3, 0.4) is 0 Å². The lowest BCUT2D eigenvalue weighted by atomic mass is 10.3. The van der Waals surface area contributed by atoms with Crippen molar-refractivity contribution in [3.63, 3.8) is 0 Å². The third-order valence-corrected chi connectivity index (χ3v) is 3.91. The van der Waals surface area contributed by atoms with Gasteiger partial charge in [0.15, 0.2) is 0 Å². The molecule has 0 spiro atoms. The maximum Gasteiger partial charge on any atom is 0.237 e. The number of halogens is 1. The summed E-state index contributed by atoms with van der Waals surface area (Å²) in [6.07, 6.45) is 0. The molecule has 0 aliphatic carbocycles. The molecule has 23 heavy (non-hydrogen) atoms. The van der Waals surface area contributed by atoms with E-state index in [1.54, 1.807) is 37.3 Å². The molecule has 1 amide bonds. The zero-order valence-electron chi connectivity index (χ0n) is 11.9. The number of hydrogen-bond donors (Lipinski definition) is 1. The number of nitrogens with one attached hydrogen (secondary N) is 1. The molecule has 2 aromatic heterocycles. The quantitative estimate of drug-likeness (QED) is 0.705. The zero-order chi connectivity index (χ0) is 16.2. The van der Waals surface area contributed by atoms with E-state index in [1.807, 2.05) is 0 Å². The van der Waals surface area contributed by atoms with Gasteiger partial charge in [0.2, 0.25) is 16.9 Å². The second-order valence-corrected chi connectivity index (χ2v) is 5.90. The third kappa shape index (κ3) is 3.88. The van der Waals surface area contributed by atoms with Gasteiger partial charge >= 0.3 is 0 Å². The summed E-state index contributed by atoms with van der Waals surface area (Å²) in [6, 6.07) is 8.71. The fraction of sp³-hybridized carbons (Fsp3) is 0.154. The van der Waals surface area contributed by atoms with Gasteiger partial charge in [-0.2, -0.15) is 4.68 Å². The van der Waals surface area contributed by atoms with Gasteiger partial charge in [-0.05, 0) is 41.6 Å². The van der Waals surface area contributed by atoms with Crippen molar-refractivity contribution in [2.75, 3.05) is 11.1 Å². The summed E-state index contributed by atoms with van der Waals surface area (Å²) in [5, 5.41) is 18.9. The average Bonchev–Trinajstić information content (AvgIpc) is 3.15. The van der Waals surface area contributed by atoms with Crippen LogP contribution in [-0.4, -0.2) is 37.0 Å². The molecule has 2 heterocycles. The van der Waals surface area contributed by atoms with Crippen LogP contribution in [0.1, 0.15) is 5.69 Å². The largest absolute Gasteiger partial charge is 0.338 e. The number of aryl methyl sites for hydroxylation is 1. The molecule has 3 aromatic rings. The Bertz CT molecular complexity index is 816. The van der Waals surface area contributed by atoms with E-state index in [0.29, 0.717) is 21.8 Å². The molecule has 0 aliphatic rings. The van der Waals surface area contributed by atoms with Crippen LogP contribution in [0.15, 0.2) is 40.0 Å². The Labute approximate surface area is 140 Å². The van der Waals surface area contributed by atoms with Crippen molar-refractivity contribution in [2.45, 2.75) is 12.1 Å². The number of amides is 1. The number of nitrogens with zero attached hydrogens (tertiary/aromatic N) is 5. The Hall–Kier alpha value is -2.39. The number of benzene rings is 1. The fourth-order valence-electron chi connectivity index (χ4n) is 1.74. The van der Waals surface area contributed by atoms with Crippen LogP contribution in [-0.2, 0) is 4.79 Å².